The van der Waals surface area contributed by atoms with Crippen LogP contribution < -0.4 is 0 Å². The lowest BCUT2D eigenvalue weighted by Crippen LogP contribution is -2.08. The van der Waals surface area contributed by atoms with Gasteiger partial charge >= 0.3 is 5.97 Å². The van der Waals surface area contributed by atoms with E-state index in [2.05, 4.69) is 4.98 Å². The van der Waals surface area contributed by atoms with Crippen LogP contribution in [0.4, 0.5) is 0 Å². The molecular formula is C12H12N2O2. The van der Waals surface area contributed by atoms with Crippen LogP contribution in [0.15, 0.2) is 36.9 Å². The lowest BCUT2D eigenvalue weighted by Gasteiger charge is -2.10. The molecule has 1 aromatic carbocycles. The van der Waals surface area contributed by atoms with Crippen LogP contribution in [-0.2, 0) is 6.42 Å². The summed E-state index contributed by atoms with van der Waals surface area (Å²) in [4.78, 5) is 15.2. The molecule has 1 aromatic heterocycles. The van der Waals surface area contributed by atoms with Crippen molar-refractivity contribution in [2.45, 2.75) is 13.3 Å². The zero-order valence-corrected chi connectivity index (χ0v) is 8.92. The topological polar surface area (TPSA) is 55.1 Å². The third-order valence-electron chi connectivity index (χ3n) is 2.51. The first-order valence-electron chi connectivity index (χ1n) is 5.07. The molecule has 82 valence electrons. The summed E-state index contributed by atoms with van der Waals surface area (Å²) in [5, 5.41) is 9.24. The van der Waals surface area contributed by atoms with E-state index in [1.807, 2.05) is 19.1 Å². The summed E-state index contributed by atoms with van der Waals surface area (Å²) in [6.07, 6.45) is 5.66. The van der Waals surface area contributed by atoms with E-state index in [1.54, 1.807) is 29.4 Å². The maximum Gasteiger partial charge on any atom is 0.338 e. The molecule has 4 nitrogen and oxygen atoms in total. The van der Waals surface area contributed by atoms with E-state index in [9.17, 15) is 9.90 Å². The molecule has 0 aliphatic rings. The van der Waals surface area contributed by atoms with Gasteiger partial charge in [-0.15, -0.1) is 0 Å². The van der Waals surface area contributed by atoms with Gasteiger partial charge in [0, 0.05) is 12.4 Å². The number of aromatic nitrogens is 2. The highest BCUT2D eigenvalue weighted by Crippen LogP contribution is 2.19. The Labute approximate surface area is 93.2 Å². The average molecular weight is 216 g/mol. The number of aryl methyl sites for hydroxylation is 1. The van der Waals surface area contributed by atoms with E-state index in [0.717, 1.165) is 5.56 Å². The average Bonchev–Trinajstić information content (AvgIpc) is 2.81. The predicted octanol–water partition coefficient (Wildman–Crippen LogP) is 2.13. The summed E-state index contributed by atoms with van der Waals surface area (Å²) in [6.45, 7) is 1.94. The smallest absolute Gasteiger partial charge is 0.338 e. The van der Waals surface area contributed by atoms with E-state index < -0.39 is 5.97 Å². The van der Waals surface area contributed by atoms with Crippen molar-refractivity contribution in [3.05, 3.63) is 48.0 Å². The number of carbonyl (C=O) groups is 1. The third kappa shape index (κ3) is 1.69. The lowest BCUT2D eigenvalue weighted by atomic mass is 10.0. The van der Waals surface area contributed by atoms with Gasteiger partial charge in [0.15, 0.2) is 0 Å². The lowest BCUT2D eigenvalue weighted by molar-refractivity contribution is 0.0696. The van der Waals surface area contributed by atoms with Gasteiger partial charge in [-0.2, -0.15) is 0 Å². The van der Waals surface area contributed by atoms with Crippen LogP contribution in [0, 0.1) is 0 Å². The van der Waals surface area contributed by atoms with Crippen molar-refractivity contribution in [3.63, 3.8) is 0 Å². The van der Waals surface area contributed by atoms with Crippen molar-refractivity contribution in [1.29, 1.82) is 0 Å². The summed E-state index contributed by atoms with van der Waals surface area (Å²) in [6, 6.07) is 5.48. The third-order valence-corrected chi connectivity index (χ3v) is 2.51. The van der Waals surface area contributed by atoms with E-state index in [1.165, 1.54) is 0 Å². The Balaban J connectivity index is 2.65. The van der Waals surface area contributed by atoms with Gasteiger partial charge in [-0.3, -0.25) is 0 Å². The van der Waals surface area contributed by atoms with E-state index in [0.29, 0.717) is 17.7 Å². The van der Waals surface area contributed by atoms with Crippen molar-refractivity contribution >= 4 is 5.97 Å². The summed E-state index contributed by atoms with van der Waals surface area (Å²) >= 11 is 0. The molecule has 0 aliphatic carbocycles. The molecule has 0 amide bonds. The predicted molar refractivity (Wildman–Crippen MR) is 59.9 cm³/mol. The molecule has 0 spiro atoms. The molecule has 0 unspecified atom stereocenters. The van der Waals surface area contributed by atoms with Crippen LogP contribution in [0.3, 0.4) is 0 Å². The minimum Gasteiger partial charge on any atom is -0.478 e. The molecule has 0 saturated heterocycles. The zero-order chi connectivity index (χ0) is 11.5. The monoisotopic (exact) mass is 216 g/mol. The summed E-state index contributed by atoms with van der Waals surface area (Å²) in [5.74, 6) is -0.902. The van der Waals surface area contributed by atoms with Crippen molar-refractivity contribution in [2.24, 2.45) is 0 Å². The quantitative estimate of drug-likeness (QED) is 0.855. The van der Waals surface area contributed by atoms with Crippen molar-refractivity contribution in [3.8, 4) is 5.69 Å². The van der Waals surface area contributed by atoms with Crippen LogP contribution in [0.1, 0.15) is 22.8 Å². The van der Waals surface area contributed by atoms with Gasteiger partial charge in [0.1, 0.15) is 0 Å². The molecule has 0 fully saturated rings. The summed E-state index contributed by atoms with van der Waals surface area (Å²) in [5.41, 5.74) is 1.84. The molecule has 0 radical (unpaired) electrons. The first-order valence-corrected chi connectivity index (χ1v) is 5.07. The molecule has 1 N–H and O–H groups in total. The van der Waals surface area contributed by atoms with Crippen molar-refractivity contribution < 1.29 is 9.90 Å². The number of nitrogens with zero attached hydrogens (tertiary/aromatic N) is 2. The SMILES string of the molecule is CCc1cccc(-n2ccnc2)c1C(=O)O. The maximum atomic E-state index is 11.3. The fourth-order valence-corrected chi connectivity index (χ4v) is 1.74. The number of hydrogen-bond donors (Lipinski definition) is 1. The van der Waals surface area contributed by atoms with Crippen molar-refractivity contribution in [2.75, 3.05) is 0 Å². The standard InChI is InChI=1S/C12H12N2O2/c1-2-9-4-3-5-10(11(9)12(15)16)14-7-6-13-8-14/h3-8H,2H2,1H3,(H,15,16). The Kier molecular flexibility index (Phi) is 2.72. The van der Waals surface area contributed by atoms with Crippen molar-refractivity contribution in [1.82, 2.24) is 9.55 Å². The minimum atomic E-state index is -0.902. The van der Waals surface area contributed by atoms with E-state index in [4.69, 9.17) is 0 Å². The normalized spacial score (nSPS) is 10.3. The highest BCUT2D eigenvalue weighted by Gasteiger charge is 2.14. The number of hydrogen-bond acceptors (Lipinski definition) is 2. The zero-order valence-electron chi connectivity index (χ0n) is 8.92. The Morgan fingerprint density at radius 3 is 2.88 bits per heavy atom. The summed E-state index contributed by atoms with van der Waals surface area (Å²) in [7, 11) is 0. The Morgan fingerprint density at radius 1 is 1.50 bits per heavy atom. The minimum absolute atomic E-state index is 0.350. The Morgan fingerprint density at radius 2 is 2.31 bits per heavy atom. The number of aromatic carboxylic acids is 1. The van der Waals surface area contributed by atoms with Crippen LogP contribution in [0.5, 0.6) is 0 Å². The highest BCUT2D eigenvalue weighted by atomic mass is 16.4. The number of rotatable bonds is 3. The molecule has 2 rings (SSSR count). The number of benzene rings is 1. The van der Waals surface area contributed by atoms with Crippen LogP contribution in [0.2, 0.25) is 0 Å². The Bertz CT molecular complexity index is 504. The second-order valence-electron chi connectivity index (χ2n) is 3.44. The largest absolute Gasteiger partial charge is 0.478 e. The molecule has 16 heavy (non-hydrogen) atoms. The molecule has 0 bridgehead atoms. The molecule has 1 heterocycles. The first kappa shape index (κ1) is 10.4. The molecule has 0 atom stereocenters. The van der Waals surface area contributed by atoms with Gasteiger partial charge in [0.2, 0.25) is 0 Å². The van der Waals surface area contributed by atoms with Gasteiger partial charge in [-0.25, -0.2) is 9.78 Å². The number of carboxylic acid groups (broad SMARTS) is 1. The van der Waals surface area contributed by atoms with Crippen LogP contribution >= 0.6 is 0 Å². The summed E-state index contributed by atoms with van der Waals surface area (Å²) < 4.78 is 1.71. The van der Waals surface area contributed by atoms with Crippen LogP contribution in [0.25, 0.3) is 5.69 Å². The number of imidazole rings is 1. The van der Waals surface area contributed by atoms with E-state index >= 15 is 0 Å². The van der Waals surface area contributed by atoms with Gasteiger partial charge in [0.25, 0.3) is 0 Å². The van der Waals surface area contributed by atoms with Gasteiger partial charge in [0.05, 0.1) is 17.6 Å². The Hall–Kier alpha value is -2.10. The number of carboxylic acids is 1. The maximum absolute atomic E-state index is 11.3. The first-order chi connectivity index (χ1) is 7.74. The molecule has 2 aromatic rings. The fraction of sp³-hybridized carbons (Fsp3) is 0.167. The van der Waals surface area contributed by atoms with E-state index in [-0.39, 0.29) is 0 Å². The van der Waals surface area contributed by atoms with Gasteiger partial charge in [-0.1, -0.05) is 19.1 Å². The second kappa shape index (κ2) is 4.18. The molecule has 0 saturated carbocycles. The second-order valence-corrected chi connectivity index (χ2v) is 3.44. The van der Waals surface area contributed by atoms with Gasteiger partial charge < -0.3 is 9.67 Å². The van der Waals surface area contributed by atoms with Gasteiger partial charge in [-0.05, 0) is 18.1 Å². The molecule has 0 aliphatic heterocycles. The molecular weight excluding hydrogens is 204 g/mol. The molecule has 4 heteroatoms. The highest BCUT2D eigenvalue weighted by molar-refractivity contribution is 5.93. The fourth-order valence-electron chi connectivity index (χ4n) is 1.74. The van der Waals surface area contributed by atoms with Crippen LogP contribution in [-0.4, -0.2) is 20.6 Å².